The summed E-state index contributed by atoms with van der Waals surface area (Å²) in [6, 6.07) is 2.34. The molecule has 3 heterocycles. The summed E-state index contributed by atoms with van der Waals surface area (Å²) in [6.45, 7) is 6.63. The summed E-state index contributed by atoms with van der Waals surface area (Å²) in [5, 5.41) is 0. The van der Waals surface area contributed by atoms with E-state index in [1.54, 1.807) is 0 Å². The van der Waals surface area contributed by atoms with Crippen molar-refractivity contribution in [2.24, 2.45) is 5.92 Å². The van der Waals surface area contributed by atoms with Crippen LogP contribution in [0.15, 0.2) is 6.07 Å². The molecule has 0 spiro atoms. The molecule has 0 saturated carbocycles. The van der Waals surface area contributed by atoms with Crippen molar-refractivity contribution >= 4 is 5.91 Å². The van der Waals surface area contributed by atoms with Gasteiger partial charge in [0.25, 0.3) is 0 Å². The zero-order valence-electron chi connectivity index (χ0n) is 13.2. The average molecular weight is 305 g/mol. The zero-order chi connectivity index (χ0) is 15.5. The van der Waals surface area contributed by atoms with Gasteiger partial charge in [-0.25, -0.2) is 9.97 Å². The molecule has 0 N–H and O–H groups in total. The third-order valence-corrected chi connectivity index (χ3v) is 4.26. The van der Waals surface area contributed by atoms with Gasteiger partial charge in [0.2, 0.25) is 5.91 Å². The molecule has 1 amide bonds. The largest absolute Gasteiger partial charge is 0.458 e. The fourth-order valence-electron chi connectivity index (χ4n) is 3.12. The first-order valence-electron chi connectivity index (χ1n) is 7.97. The van der Waals surface area contributed by atoms with Crippen LogP contribution >= 0.6 is 0 Å². The molecule has 0 radical (unpaired) electrons. The number of aryl methyl sites for hydroxylation is 2. The van der Waals surface area contributed by atoms with Crippen molar-refractivity contribution in [2.45, 2.75) is 39.2 Å². The molecule has 1 aromatic rings. The number of nitrogens with zero attached hydrogens (tertiary/aromatic N) is 3. The normalized spacial score (nSPS) is 22.8. The summed E-state index contributed by atoms with van der Waals surface area (Å²) in [6.07, 6.45) is 2.50. The van der Waals surface area contributed by atoms with Crippen LogP contribution in [-0.2, 0) is 9.53 Å². The van der Waals surface area contributed by atoms with E-state index in [1.807, 2.05) is 24.8 Å². The van der Waals surface area contributed by atoms with Crippen molar-refractivity contribution in [1.29, 1.82) is 0 Å². The second-order valence-corrected chi connectivity index (χ2v) is 6.13. The second-order valence-electron chi connectivity index (χ2n) is 6.13. The summed E-state index contributed by atoms with van der Waals surface area (Å²) in [7, 11) is 0. The van der Waals surface area contributed by atoms with Gasteiger partial charge in [-0.05, 0) is 32.8 Å². The number of aromatic nitrogens is 2. The zero-order valence-corrected chi connectivity index (χ0v) is 13.2. The number of carbonyl (C=O) groups is 1. The van der Waals surface area contributed by atoms with Crippen LogP contribution in [0.2, 0.25) is 0 Å². The van der Waals surface area contributed by atoms with Crippen LogP contribution < -0.4 is 4.74 Å². The van der Waals surface area contributed by atoms with Crippen LogP contribution in [0.25, 0.3) is 0 Å². The summed E-state index contributed by atoms with van der Waals surface area (Å²) in [5.74, 6) is 0.362. The van der Waals surface area contributed by atoms with Gasteiger partial charge < -0.3 is 14.4 Å². The topological polar surface area (TPSA) is 64.5 Å². The number of hydrogen-bond acceptors (Lipinski definition) is 5. The first kappa shape index (κ1) is 15.2. The minimum Gasteiger partial charge on any atom is -0.458 e. The lowest BCUT2D eigenvalue weighted by Gasteiger charge is -2.26. The Labute approximate surface area is 130 Å². The second kappa shape index (κ2) is 6.60. The van der Waals surface area contributed by atoms with Gasteiger partial charge in [0.15, 0.2) is 0 Å². The number of amides is 1. The molecular weight excluding hydrogens is 282 g/mol. The van der Waals surface area contributed by atoms with E-state index >= 15 is 0 Å². The third kappa shape index (κ3) is 3.55. The highest BCUT2D eigenvalue weighted by atomic mass is 16.5. The number of ether oxygens (including phenoxy) is 2. The van der Waals surface area contributed by atoms with Crippen LogP contribution in [0.3, 0.4) is 0 Å². The van der Waals surface area contributed by atoms with Gasteiger partial charge in [-0.15, -0.1) is 0 Å². The fourth-order valence-corrected chi connectivity index (χ4v) is 3.12. The molecule has 1 atom stereocenters. The number of rotatable bonds is 3. The molecule has 0 bridgehead atoms. The molecule has 1 aromatic heterocycles. The summed E-state index contributed by atoms with van der Waals surface area (Å²) in [4.78, 5) is 23.0. The molecule has 2 aliphatic heterocycles. The Bertz CT molecular complexity index is 523. The maximum Gasteiger partial charge on any atom is 0.317 e. The lowest BCUT2D eigenvalue weighted by Crippen LogP contribution is -2.38. The summed E-state index contributed by atoms with van der Waals surface area (Å²) >= 11 is 0. The molecule has 6 nitrogen and oxygen atoms in total. The van der Waals surface area contributed by atoms with Gasteiger partial charge in [-0.2, -0.15) is 0 Å². The van der Waals surface area contributed by atoms with Crippen LogP contribution in [0.4, 0.5) is 0 Å². The molecule has 2 aliphatic rings. The molecule has 0 aliphatic carbocycles. The minimum atomic E-state index is -0.00927. The Balaban J connectivity index is 1.56. The smallest absolute Gasteiger partial charge is 0.317 e. The minimum absolute atomic E-state index is 0.00927. The quantitative estimate of drug-likeness (QED) is 0.847. The lowest BCUT2D eigenvalue weighted by atomic mass is 9.99. The van der Waals surface area contributed by atoms with Gasteiger partial charge >= 0.3 is 6.01 Å². The van der Waals surface area contributed by atoms with Crippen molar-refractivity contribution in [1.82, 2.24) is 14.9 Å². The molecule has 22 heavy (non-hydrogen) atoms. The molecule has 120 valence electrons. The predicted molar refractivity (Wildman–Crippen MR) is 80.7 cm³/mol. The van der Waals surface area contributed by atoms with E-state index in [0.717, 1.165) is 37.2 Å². The van der Waals surface area contributed by atoms with Crippen LogP contribution in [0.1, 0.15) is 30.7 Å². The molecule has 6 heteroatoms. The highest BCUT2D eigenvalue weighted by molar-refractivity contribution is 5.79. The van der Waals surface area contributed by atoms with Crippen LogP contribution in [-0.4, -0.2) is 53.2 Å². The number of carbonyl (C=O) groups excluding carboxylic acids is 1. The van der Waals surface area contributed by atoms with Crippen LogP contribution in [0.5, 0.6) is 6.01 Å². The maximum absolute atomic E-state index is 12.5. The van der Waals surface area contributed by atoms with Crippen molar-refractivity contribution in [3.63, 3.8) is 0 Å². The fraction of sp³-hybridized carbons (Fsp3) is 0.688. The molecule has 0 unspecified atom stereocenters. The van der Waals surface area contributed by atoms with E-state index < -0.39 is 0 Å². The van der Waals surface area contributed by atoms with E-state index in [2.05, 4.69) is 9.97 Å². The molecule has 0 aromatic carbocycles. The van der Waals surface area contributed by atoms with E-state index in [4.69, 9.17) is 9.47 Å². The van der Waals surface area contributed by atoms with Crippen molar-refractivity contribution < 1.29 is 14.3 Å². The third-order valence-electron chi connectivity index (χ3n) is 4.26. The SMILES string of the molecule is Cc1cc(C)nc(O[C@H]2CCN(C(=O)C3CCOCC3)C2)n1. The molecular formula is C16H23N3O3. The van der Waals surface area contributed by atoms with Gasteiger partial charge in [0, 0.05) is 43.5 Å². The standard InChI is InChI=1S/C16H23N3O3/c1-11-9-12(2)18-16(17-11)22-14-3-6-19(10-14)15(20)13-4-7-21-8-5-13/h9,13-14H,3-8,10H2,1-2H3/t14-/m0/s1. The van der Waals surface area contributed by atoms with Crippen molar-refractivity contribution in [2.75, 3.05) is 26.3 Å². The Morgan fingerprint density at radius 1 is 1.23 bits per heavy atom. The maximum atomic E-state index is 12.5. The highest BCUT2D eigenvalue weighted by Gasteiger charge is 2.32. The van der Waals surface area contributed by atoms with Gasteiger partial charge in [-0.1, -0.05) is 0 Å². The van der Waals surface area contributed by atoms with E-state index in [-0.39, 0.29) is 17.9 Å². The van der Waals surface area contributed by atoms with E-state index in [9.17, 15) is 4.79 Å². The highest BCUT2D eigenvalue weighted by Crippen LogP contribution is 2.22. The molecule has 2 fully saturated rings. The Morgan fingerprint density at radius 2 is 1.91 bits per heavy atom. The first-order valence-corrected chi connectivity index (χ1v) is 7.97. The number of hydrogen-bond donors (Lipinski definition) is 0. The summed E-state index contributed by atoms with van der Waals surface area (Å²) in [5.41, 5.74) is 1.80. The van der Waals surface area contributed by atoms with Crippen molar-refractivity contribution in [3.05, 3.63) is 17.5 Å². The summed E-state index contributed by atoms with van der Waals surface area (Å²) < 4.78 is 11.2. The molecule has 3 rings (SSSR count). The van der Waals surface area contributed by atoms with Gasteiger partial charge in [0.1, 0.15) is 6.10 Å². The van der Waals surface area contributed by atoms with E-state index in [1.165, 1.54) is 0 Å². The Kier molecular flexibility index (Phi) is 4.57. The predicted octanol–water partition coefficient (Wildman–Crippen LogP) is 1.50. The first-order chi connectivity index (χ1) is 10.6. The van der Waals surface area contributed by atoms with Crippen LogP contribution in [0, 0.1) is 19.8 Å². The Morgan fingerprint density at radius 3 is 2.59 bits per heavy atom. The Hall–Kier alpha value is -1.69. The lowest BCUT2D eigenvalue weighted by molar-refractivity contribution is -0.137. The monoisotopic (exact) mass is 305 g/mol. The van der Waals surface area contributed by atoms with E-state index in [0.29, 0.717) is 25.8 Å². The molecule has 2 saturated heterocycles. The average Bonchev–Trinajstić information content (AvgIpc) is 2.95. The van der Waals surface area contributed by atoms with Crippen molar-refractivity contribution in [3.8, 4) is 6.01 Å². The number of likely N-dealkylation sites (tertiary alicyclic amines) is 1. The van der Waals surface area contributed by atoms with Gasteiger partial charge in [-0.3, -0.25) is 4.79 Å². The van der Waals surface area contributed by atoms with Gasteiger partial charge in [0.05, 0.1) is 6.54 Å².